The molecule has 7 nitrogen and oxygen atoms in total. The second-order valence-corrected chi connectivity index (χ2v) is 6.79. The Labute approximate surface area is 170 Å². The molecule has 0 spiro atoms. The number of benzene rings is 3. The molecule has 0 fully saturated rings. The first-order valence-corrected chi connectivity index (χ1v) is 9.05. The first kappa shape index (κ1) is 18.6. The molecule has 0 radical (unpaired) electrons. The van der Waals surface area contributed by atoms with Gasteiger partial charge >= 0.3 is 0 Å². The fourth-order valence-corrected chi connectivity index (χ4v) is 3.00. The predicted molar refractivity (Wildman–Crippen MR) is 109 cm³/mol. The standard InChI is InChI=1S/C21H14ClN3O4/c22-15-6-4-13(5-7-15)10-20-24-18-12-16(8-9-19(18)29-20)23-21(26)14-2-1-3-17(11-14)25(27)28/h1-9,11-12H,10H2,(H,23,26). The molecule has 0 saturated carbocycles. The van der Waals surface area contributed by atoms with Crippen LogP contribution < -0.4 is 5.32 Å². The number of hydrogen-bond donors (Lipinski definition) is 1. The average Bonchev–Trinajstić information content (AvgIpc) is 3.11. The van der Waals surface area contributed by atoms with Gasteiger partial charge in [0, 0.05) is 34.8 Å². The van der Waals surface area contributed by atoms with E-state index in [1.807, 2.05) is 12.1 Å². The Hall–Kier alpha value is -3.71. The number of rotatable bonds is 5. The van der Waals surface area contributed by atoms with Crippen LogP contribution in [0.2, 0.25) is 5.02 Å². The van der Waals surface area contributed by atoms with E-state index in [1.165, 1.54) is 24.3 Å². The van der Waals surface area contributed by atoms with Crippen molar-refractivity contribution in [2.45, 2.75) is 6.42 Å². The van der Waals surface area contributed by atoms with Crippen molar-refractivity contribution in [2.75, 3.05) is 5.32 Å². The van der Waals surface area contributed by atoms with Gasteiger partial charge in [-0.2, -0.15) is 0 Å². The molecule has 144 valence electrons. The molecular weight excluding hydrogens is 394 g/mol. The van der Waals surface area contributed by atoms with E-state index in [1.54, 1.807) is 30.3 Å². The summed E-state index contributed by atoms with van der Waals surface area (Å²) in [4.78, 5) is 27.2. The highest BCUT2D eigenvalue weighted by atomic mass is 35.5. The van der Waals surface area contributed by atoms with Crippen LogP contribution in [0, 0.1) is 10.1 Å². The van der Waals surface area contributed by atoms with Crippen molar-refractivity contribution in [3.63, 3.8) is 0 Å². The second-order valence-electron chi connectivity index (χ2n) is 6.35. The van der Waals surface area contributed by atoms with Crippen LogP contribution in [0.4, 0.5) is 11.4 Å². The summed E-state index contributed by atoms with van der Waals surface area (Å²) >= 11 is 5.90. The van der Waals surface area contributed by atoms with Gasteiger partial charge in [0.15, 0.2) is 11.5 Å². The summed E-state index contributed by atoms with van der Waals surface area (Å²) < 4.78 is 5.76. The van der Waals surface area contributed by atoms with Crippen molar-refractivity contribution >= 4 is 40.0 Å². The highest BCUT2D eigenvalue weighted by Crippen LogP contribution is 2.23. The topological polar surface area (TPSA) is 98.3 Å². The number of amides is 1. The first-order chi connectivity index (χ1) is 14.0. The quantitative estimate of drug-likeness (QED) is 0.360. The number of hydrogen-bond acceptors (Lipinski definition) is 5. The van der Waals surface area contributed by atoms with E-state index in [0.29, 0.717) is 34.1 Å². The lowest BCUT2D eigenvalue weighted by Gasteiger charge is -2.04. The zero-order chi connectivity index (χ0) is 20.4. The molecule has 0 aliphatic carbocycles. The zero-order valence-corrected chi connectivity index (χ0v) is 15.7. The van der Waals surface area contributed by atoms with Crippen LogP contribution >= 0.6 is 11.6 Å². The number of carbonyl (C=O) groups is 1. The fourth-order valence-electron chi connectivity index (χ4n) is 2.87. The number of anilines is 1. The summed E-state index contributed by atoms with van der Waals surface area (Å²) in [6, 6.07) is 18.1. The van der Waals surface area contributed by atoms with E-state index in [4.69, 9.17) is 16.0 Å². The summed E-state index contributed by atoms with van der Waals surface area (Å²) in [7, 11) is 0. The lowest BCUT2D eigenvalue weighted by Crippen LogP contribution is -2.12. The van der Waals surface area contributed by atoms with E-state index in [9.17, 15) is 14.9 Å². The predicted octanol–water partition coefficient (Wildman–Crippen LogP) is 5.23. The van der Waals surface area contributed by atoms with Crippen LogP contribution in [0.25, 0.3) is 11.1 Å². The number of nitrogens with zero attached hydrogens (tertiary/aromatic N) is 2. The molecule has 0 saturated heterocycles. The highest BCUT2D eigenvalue weighted by Gasteiger charge is 2.13. The van der Waals surface area contributed by atoms with Crippen molar-refractivity contribution in [1.82, 2.24) is 4.98 Å². The molecule has 0 aliphatic heterocycles. The summed E-state index contributed by atoms with van der Waals surface area (Å²) in [5.41, 5.74) is 2.79. The zero-order valence-electron chi connectivity index (χ0n) is 15.0. The fraction of sp³-hybridized carbons (Fsp3) is 0.0476. The van der Waals surface area contributed by atoms with Gasteiger partial charge in [0.25, 0.3) is 11.6 Å². The third-order valence-electron chi connectivity index (χ3n) is 4.28. The van der Waals surface area contributed by atoms with Crippen molar-refractivity contribution in [3.05, 3.63) is 98.9 Å². The van der Waals surface area contributed by atoms with Crippen molar-refractivity contribution < 1.29 is 14.1 Å². The van der Waals surface area contributed by atoms with Gasteiger partial charge in [0.05, 0.1) is 4.92 Å². The van der Waals surface area contributed by atoms with E-state index in [-0.39, 0.29) is 11.3 Å². The molecule has 3 aromatic carbocycles. The molecule has 0 aliphatic rings. The van der Waals surface area contributed by atoms with Crippen LogP contribution in [0.5, 0.6) is 0 Å². The minimum Gasteiger partial charge on any atom is -0.440 e. The number of aromatic nitrogens is 1. The third kappa shape index (κ3) is 4.25. The van der Waals surface area contributed by atoms with Gasteiger partial charge in [-0.25, -0.2) is 4.98 Å². The minimum absolute atomic E-state index is 0.142. The number of nitro groups is 1. The second kappa shape index (κ2) is 7.73. The van der Waals surface area contributed by atoms with Crippen LogP contribution in [0.3, 0.4) is 0 Å². The number of fused-ring (bicyclic) bond motifs is 1. The molecule has 1 heterocycles. The number of oxazole rings is 1. The Morgan fingerprint density at radius 2 is 1.90 bits per heavy atom. The van der Waals surface area contributed by atoms with Gasteiger partial charge in [0.2, 0.25) is 0 Å². The molecule has 0 unspecified atom stereocenters. The third-order valence-corrected chi connectivity index (χ3v) is 4.53. The number of nitro benzene ring substituents is 1. The monoisotopic (exact) mass is 407 g/mol. The molecular formula is C21H14ClN3O4. The molecule has 0 atom stereocenters. The van der Waals surface area contributed by atoms with Crippen molar-refractivity contribution in [2.24, 2.45) is 0 Å². The molecule has 0 bridgehead atoms. The lowest BCUT2D eigenvalue weighted by atomic mass is 10.1. The summed E-state index contributed by atoms with van der Waals surface area (Å²) in [6.45, 7) is 0. The lowest BCUT2D eigenvalue weighted by molar-refractivity contribution is -0.384. The molecule has 8 heteroatoms. The number of carbonyl (C=O) groups excluding carboxylic acids is 1. The molecule has 1 aromatic heterocycles. The van der Waals surface area contributed by atoms with Crippen LogP contribution in [0.1, 0.15) is 21.8 Å². The Morgan fingerprint density at radius 1 is 1.10 bits per heavy atom. The van der Waals surface area contributed by atoms with Crippen LogP contribution in [-0.2, 0) is 6.42 Å². The molecule has 1 amide bonds. The van der Waals surface area contributed by atoms with E-state index >= 15 is 0 Å². The molecule has 1 N–H and O–H groups in total. The van der Waals surface area contributed by atoms with E-state index in [2.05, 4.69) is 10.3 Å². The summed E-state index contributed by atoms with van der Waals surface area (Å²) in [5.74, 6) is 0.0995. The highest BCUT2D eigenvalue weighted by molar-refractivity contribution is 6.30. The van der Waals surface area contributed by atoms with Gasteiger partial charge in [-0.15, -0.1) is 0 Å². The van der Waals surface area contributed by atoms with Gasteiger partial charge < -0.3 is 9.73 Å². The number of non-ortho nitro benzene ring substituents is 1. The van der Waals surface area contributed by atoms with Crippen molar-refractivity contribution in [1.29, 1.82) is 0 Å². The first-order valence-electron chi connectivity index (χ1n) is 8.68. The average molecular weight is 408 g/mol. The van der Waals surface area contributed by atoms with Gasteiger partial charge in [-0.3, -0.25) is 14.9 Å². The maximum atomic E-state index is 12.4. The number of nitrogens with one attached hydrogen (secondary N) is 1. The minimum atomic E-state index is -0.541. The van der Waals surface area contributed by atoms with Gasteiger partial charge in [0.1, 0.15) is 5.52 Å². The summed E-state index contributed by atoms with van der Waals surface area (Å²) in [5, 5.41) is 14.3. The number of halogens is 1. The molecule has 4 rings (SSSR count). The van der Waals surface area contributed by atoms with E-state index < -0.39 is 10.8 Å². The van der Waals surface area contributed by atoms with Crippen molar-refractivity contribution in [3.8, 4) is 0 Å². The maximum absolute atomic E-state index is 12.4. The Balaban J connectivity index is 1.53. The van der Waals surface area contributed by atoms with Crippen LogP contribution in [0.15, 0.2) is 71.1 Å². The molecule has 29 heavy (non-hydrogen) atoms. The van der Waals surface area contributed by atoms with Crippen LogP contribution in [-0.4, -0.2) is 15.8 Å². The SMILES string of the molecule is O=C(Nc1ccc2oc(Cc3ccc(Cl)cc3)nc2c1)c1cccc([N+](=O)[O-])c1. The van der Waals surface area contributed by atoms with E-state index in [0.717, 1.165) is 5.56 Å². The Bertz CT molecular complexity index is 1220. The van der Waals surface area contributed by atoms with Gasteiger partial charge in [-0.1, -0.05) is 29.8 Å². The maximum Gasteiger partial charge on any atom is 0.270 e. The summed E-state index contributed by atoms with van der Waals surface area (Å²) in [6.07, 6.45) is 0.515. The Morgan fingerprint density at radius 3 is 2.66 bits per heavy atom. The Kier molecular flexibility index (Phi) is 4.97. The molecule has 4 aromatic rings. The normalized spacial score (nSPS) is 10.8. The largest absolute Gasteiger partial charge is 0.440 e. The van der Waals surface area contributed by atoms with Gasteiger partial charge in [-0.05, 0) is 42.0 Å². The smallest absolute Gasteiger partial charge is 0.270 e.